The monoisotopic (exact) mass is 184 g/mol. The minimum Gasteiger partial charge on any atom is -0.355 e. The summed E-state index contributed by atoms with van der Waals surface area (Å²) in [6, 6.07) is 3.89. The van der Waals surface area contributed by atoms with E-state index in [9.17, 15) is 4.79 Å². The van der Waals surface area contributed by atoms with Crippen LogP contribution < -0.4 is 11.1 Å². The van der Waals surface area contributed by atoms with E-state index in [4.69, 9.17) is 5.73 Å². The average Bonchev–Trinajstić information content (AvgIpc) is 2.53. The Labute approximate surface area is 75.6 Å². The summed E-state index contributed by atoms with van der Waals surface area (Å²) in [6.07, 6.45) is 0.470. The van der Waals surface area contributed by atoms with Gasteiger partial charge in [-0.25, -0.2) is 0 Å². The molecule has 0 aliphatic rings. The van der Waals surface area contributed by atoms with E-state index < -0.39 is 0 Å². The van der Waals surface area contributed by atoms with Crippen molar-refractivity contribution in [1.82, 2.24) is 5.32 Å². The quantitative estimate of drug-likeness (QED) is 0.710. The molecule has 0 unspecified atom stereocenters. The van der Waals surface area contributed by atoms with Crippen LogP contribution in [0.2, 0.25) is 0 Å². The Morgan fingerprint density at radius 2 is 2.50 bits per heavy atom. The van der Waals surface area contributed by atoms with Gasteiger partial charge in [0.2, 0.25) is 5.91 Å². The lowest BCUT2D eigenvalue weighted by Crippen LogP contribution is -2.29. The first-order valence-corrected chi connectivity index (χ1v) is 4.70. The molecule has 3 N–H and O–H groups in total. The molecule has 0 spiro atoms. The molecule has 12 heavy (non-hydrogen) atoms. The molecule has 3 nitrogen and oxygen atoms in total. The third-order valence-electron chi connectivity index (χ3n) is 1.38. The highest BCUT2D eigenvalue weighted by Crippen LogP contribution is 2.08. The summed E-state index contributed by atoms with van der Waals surface area (Å²) in [7, 11) is 0. The van der Waals surface area contributed by atoms with Crippen LogP contribution in [0, 0.1) is 0 Å². The van der Waals surface area contributed by atoms with Gasteiger partial charge in [-0.05, 0) is 11.4 Å². The maximum absolute atomic E-state index is 11.1. The predicted molar refractivity (Wildman–Crippen MR) is 50.1 cm³/mol. The fraction of sp³-hybridized carbons (Fsp3) is 0.375. The van der Waals surface area contributed by atoms with Crippen molar-refractivity contribution in [3.8, 4) is 0 Å². The Hall–Kier alpha value is -0.870. The van der Waals surface area contributed by atoms with Gasteiger partial charge in [-0.3, -0.25) is 4.79 Å². The molecule has 1 aromatic heterocycles. The largest absolute Gasteiger partial charge is 0.355 e. The van der Waals surface area contributed by atoms with Crippen molar-refractivity contribution >= 4 is 17.2 Å². The maximum Gasteiger partial charge on any atom is 0.225 e. The normalized spacial score (nSPS) is 9.75. The molecule has 0 aliphatic heterocycles. The van der Waals surface area contributed by atoms with Crippen molar-refractivity contribution in [3.05, 3.63) is 22.4 Å². The number of nitrogens with one attached hydrogen (secondary N) is 1. The zero-order valence-electron chi connectivity index (χ0n) is 6.75. The van der Waals surface area contributed by atoms with Crippen molar-refractivity contribution in [2.75, 3.05) is 13.1 Å². The Balaban J connectivity index is 2.27. The molecule has 4 heteroatoms. The van der Waals surface area contributed by atoms with Crippen LogP contribution in [-0.4, -0.2) is 19.0 Å². The highest BCUT2D eigenvalue weighted by Gasteiger charge is 2.01. The van der Waals surface area contributed by atoms with Crippen LogP contribution in [0.15, 0.2) is 17.5 Å². The maximum atomic E-state index is 11.1. The summed E-state index contributed by atoms with van der Waals surface area (Å²) in [4.78, 5) is 12.2. The second kappa shape index (κ2) is 4.90. The third kappa shape index (κ3) is 3.02. The van der Waals surface area contributed by atoms with Gasteiger partial charge in [0, 0.05) is 18.0 Å². The fourth-order valence-corrected chi connectivity index (χ4v) is 1.55. The highest BCUT2D eigenvalue weighted by atomic mass is 32.1. The van der Waals surface area contributed by atoms with Crippen molar-refractivity contribution < 1.29 is 4.79 Å². The van der Waals surface area contributed by atoms with Crippen molar-refractivity contribution in [1.29, 1.82) is 0 Å². The molecule has 1 amide bonds. The summed E-state index contributed by atoms with van der Waals surface area (Å²) < 4.78 is 0. The smallest absolute Gasteiger partial charge is 0.225 e. The van der Waals surface area contributed by atoms with E-state index in [2.05, 4.69) is 5.32 Å². The first-order valence-electron chi connectivity index (χ1n) is 3.82. The van der Waals surface area contributed by atoms with Crippen molar-refractivity contribution in [2.24, 2.45) is 5.73 Å². The number of nitrogens with two attached hydrogens (primary N) is 1. The van der Waals surface area contributed by atoms with Gasteiger partial charge in [-0.2, -0.15) is 0 Å². The Morgan fingerprint density at radius 3 is 3.08 bits per heavy atom. The van der Waals surface area contributed by atoms with Crippen LogP contribution >= 0.6 is 11.3 Å². The number of thiophene rings is 1. The van der Waals surface area contributed by atoms with E-state index >= 15 is 0 Å². The fourth-order valence-electron chi connectivity index (χ4n) is 0.845. The zero-order valence-corrected chi connectivity index (χ0v) is 7.56. The number of amides is 1. The molecule has 1 heterocycles. The van der Waals surface area contributed by atoms with Crippen LogP contribution in [0.4, 0.5) is 0 Å². The lowest BCUT2D eigenvalue weighted by atomic mass is 10.3. The van der Waals surface area contributed by atoms with Gasteiger partial charge in [0.1, 0.15) is 0 Å². The Morgan fingerprint density at radius 1 is 1.67 bits per heavy atom. The number of carbonyl (C=O) groups is 1. The summed E-state index contributed by atoms with van der Waals surface area (Å²) in [6.45, 7) is 1.06. The summed E-state index contributed by atoms with van der Waals surface area (Å²) in [5, 5.41) is 4.68. The van der Waals surface area contributed by atoms with Gasteiger partial charge in [-0.15, -0.1) is 11.3 Å². The van der Waals surface area contributed by atoms with Crippen LogP contribution in [0.25, 0.3) is 0 Å². The molecular formula is C8H12N2OS. The molecule has 0 aromatic carbocycles. The minimum atomic E-state index is 0.0444. The van der Waals surface area contributed by atoms with E-state index in [1.165, 1.54) is 0 Å². The van der Waals surface area contributed by atoms with Crippen LogP contribution in [0.1, 0.15) is 4.88 Å². The SMILES string of the molecule is NCCNC(=O)Cc1cccs1. The number of rotatable bonds is 4. The molecule has 0 atom stereocenters. The Bertz CT molecular complexity index is 233. The summed E-state index contributed by atoms with van der Waals surface area (Å²) in [5.74, 6) is 0.0444. The Kier molecular flexibility index (Phi) is 3.76. The summed E-state index contributed by atoms with van der Waals surface area (Å²) in [5.41, 5.74) is 5.24. The zero-order chi connectivity index (χ0) is 8.81. The minimum absolute atomic E-state index is 0.0444. The van der Waals surface area contributed by atoms with Gasteiger partial charge in [0.25, 0.3) is 0 Å². The van der Waals surface area contributed by atoms with Gasteiger partial charge >= 0.3 is 0 Å². The molecule has 0 fully saturated rings. The van der Waals surface area contributed by atoms with E-state index in [0.29, 0.717) is 19.5 Å². The van der Waals surface area contributed by atoms with Gasteiger partial charge in [0.15, 0.2) is 0 Å². The molecule has 66 valence electrons. The molecule has 0 aliphatic carbocycles. The standard InChI is InChI=1S/C8H12N2OS/c9-3-4-10-8(11)6-7-2-1-5-12-7/h1-2,5H,3-4,6,9H2,(H,10,11). The molecule has 1 aromatic rings. The molecule has 0 bridgehead atoms. The van der Waals surface area contributed by atoms with E-state index in [0.717, 1.165) is 4.88 Å². The number of hydrogen-bond donors (Lipinski definition) is 2. The molecule has 0 radical (unpaired) electrons. The number of hydrogen-bond acceptors (Lipinski definition) is 3. The van der Waals surface area contributed by atoms with E-state index in [-0.39, 0.29) is 5.91 Å². The van der Waals surface area contributed by atoms with Crippen molar-refractivity contribution in [3.63, 3.8) is 0 Å². The van der Waals surface area contributed by atoms with Crippen LogP contribution in [0.5, 0.6) is 0 Å². The first-order chi connectivity index (χ1) is 5.83. The van der Waals surface area contributed by atoms with E-state index in [1.807, 2.05) is 17.5 Å². The van der Waals surface area contributed by atoms with Crippen LogP contribution in [-0.2, 0) is 11.2 Å². The van der Waals surface area contributed by atoms with E-state index in [1.54, 1.807) is 11.3 Å². The second-order valence-corrected chi connectivity index (χ2v) is 3.43. The lowest BCUT2D eigenvalue weighted by molar-refractivity contribution is -0.120. The topological polar surface area (TPSA) is 55.1 Å². The molecule has 0 saturated carbocycles. The predicted octanol–water partition coefficient (Wildman–Crippen LogP) is 0.366. The first kappa shape index (κ1) is 9.22. The van der Waals surface area contributed by atoms with Gasteiger partial charge in [-0.1, -0.05) is 6.07 Å². The molecule has 0 saturated heterocycles. The van der Waals surface area contributed by atoms with Gasteiger partial charge in [0.05, 0.1) is 6.42 Å². The number of carbonyl (C=O) groups excluding carboxylic acids is 1. The average molecular weight is 184 g/mol. The highest BCUT2D eigenvalue weighted by molar-refractivity contribution is 7.10. The molecular weight excluding hydrogens is 172 g/mol. The molecule has 1 rings (SSSR count). The van der Waals surface area contributed by atoms with Crippen LogP contribution in [0.3, 0.4) is 0 Å². The third-order valence-corrected chi connectivity index (χ3v) is 2.26. The second-order valence-electron chi connectivity index (χ2n) is 2.39. The van der Waals surface area contributed by atoms with Crippen molar-refractivity contribution in [2.45, 2.75) is 6.42 Å². The summed E-state index contributed by atoms with van der Waals surface area (Å²) >= 11 is 1.59. The lowest BCUT2D eigenvalue weighted by Gasteiger charge is -2.00. The van der Waals surface area contributed by atoms with Gasteiger partial charge < -0.3 is 11.1 Å².